The highest BCUT2D eigenvalue weighted by Crippen LogP contribution is 2.33. The van der Waals surface area contributed by atoms with E-state index in [1.165, 1.54) is 0 Å². The predicted molar refractivity (Wildman–Crippen MR) is 183 cm³/mol. The number of rotatable bonds is 9. The van der Waals surface area contributed by atoms with Gasteiger partial charge in [0.1, 0.15) is 23.2 Å². The number of hydrogen-bond acceptors (Lipinski definition) is 10. The number of nitrogens with one attached hydrogen (secondary N) is 3. The van der Waals surface area contributed by atoms with Gasteiger partial charge in [-0.05, 0) is 84.4 Å². The lowest BCUT2D eigenvalue weighted by Gasteiger charge is -2.13. The van der Waals surface area contributed by atoms with Gasteiger partial charge in [0, 0.05) is 38.2 Å². The fourth-order valence-electron chi connectivity index (χ4n) is 4.57. The van der Waals surface area contributed by atoms with Crippen LogP contribution >= 0.6 is 23.2 Å². The molecule has 0 saturated carbocycles. The van der Waals surface area contributed by atoms with Gasteiger partial charge >= 0.3 is 0 Å². The minimum atomic E-state index is 0.145. The van der Waals surface area contributed by atoms with Gasteiger partial charge < -0.3 is 26.4 Å². The van der Waals surface area contributed by atoms with Crippen molar-refractivity contribution < 1.29 is 4.74 Å². The molecule has 0 unspecified atom stereocenters. The number of nitrogen functional groups attached to an aromatic ring is 1. The molecule has 0 atom stereocenters. The van der Waals surface area contributed by atoms with Crippen molar-refractivity contribution in [1.82, 2.24) is 19.9 Å². The number of benzene rings is 4. The van der Waals surface area contributed by atoms with Crippen molar-refractivity contribution in [2.75, 3.05) is 28.8 Å². The lowest BCUT2D eigenvalue weighted by molar-refractivity contribution is 0.415. The second-order valence-electron chi connectivity index (χ2n) is 9.93. The minimum Gasteiger partial charge on any atom is -0.497 e. The normalized spacial score (nSPS) is 10.6. The van der Waals surface area contributed by atoms with E-state index in [0.29, 0.717) is 50.5 Å². The van der Waals surface area contributed by atoms with E-state index in [2.05, 4.69) is 42.0 Å². The maximum Gasteiger partial charge on any atom is 0.233 e. The van der Waals surface area contributed by atoms with E-state index in [0.717, 1.165) is 28.2 Å². The summed E-state index contributed by atoms with van der Waals surface area (Å²) in [7, 11) is 1.59. The van der Waals surface area contributed by atoms with E-state index in [4.69, 9.17) is 33.7 Å². The zero-order valence-electron chi connectivity index (χ0n) is 24.3. The summed E-state index contributed by atoms with van der Waals surface area (Å²) in [6, 6.07) is 33.4. The third kappa shape index (κ3) is 7.08. The van der Waals surface area contributed by atoms with E-state index >= 15 is 0 Å². The Balaban J connectivity index is 1.29. The van der Waals surface area contributed by atoms with Crippen molar-refractivity contribution in [2.45, 2.75) is 0 Å². The predicted octanol–water partition coefficient (Wildman–Crippen LogP) is 8.60. The van der Waals surface area contributed by atoms with Crippen LogP contribution in [0.25, 0.3) is 22.4 Å². The SMILES string of the molecule is COc1cccc(-c2cc(-c3ccc(Nc4nc(Nc5ccc(Cl)cc5)nc(Nc5ccc(Cl)cc5)n4)cc3)nc(N)c2C#N)c1. The van der Waals surface area contributed by atoms with Crippen molar-refractivity contribution in [2.24, 2.45) is 0 Å². The highest BCUT2D eigenvalue weighted by molar-refractivity contribution is 6.30. The van der Waals surface area contributed by atoms with Crippen LogP contribution in [0.5, 0.6) is 5.75 Å². The van der Waals surface area contributed by atoms with Gasteiger partial charge in [-0.2, -0.15) is 20.2 Å². The summed E-state index contributed by atoms with van der Waals surface area (Å²) in [6.07, 6.45) is 0. The van der Waals surface area contributed by atoms with Crippen molar-refractivity contribution in [3.05, 3.63) is 119 Å². The minimum absolute atomic E-state index is 0.145. The summed E-state index contributed by atoms with van der Waals surface area (Å²) in [4.78, 5) is 18.2. The van der Waals surface area contributed by atoms with Crippen molar-refractivity contribution in [3.63, 3.8) is 0 Å². The maximum absolute atomic E-state index is 9.81. The van der Waals surface area contributed by atoms with Crippen LogP contribution in [0.4, 0.5) is 40.7 Å². The zero-order chi connectivity index (χ0) is 32.0. The molecule has 0 aliphatic rings. The number of nitrogens with zero attached hydrogens (tertiary/aromatic N) is 5. The second-order valence-corrected chi connectivity index (χ2v) is 10.8. The number of ether oxygens (including phenoxy) is 1. The van der Waals surface area contributed by atoms with Crippen LogP contribution in [-0.4, -0.2) is 27.0 Å². The highest BCUT2D eigenvalue weighted by atomic mass is 35.5. The Hall–Kier alpha value is -5.89. The Bertz CT molecular complexity index is 1980. The Labute approximate surface area is 274 Å². The molecule has 46 heavy (non-hydrogen) atoms. The van der Waals surface area contributed by atoms with Crippen LogP contribution in [0, 0.1) is 11.3 Å². The largest absolute Gasteiger partial charge is 0.497 e. The number of anilines is 7. The number of pyridine rings is 1. The summed E-state index contributed by atoms with van der Waals surface area (Å²) >= 11 is 12.1. The summed E-state index contributed by atoms with van der Waals surface area (Å²) in [6.45, 7) is 0. The van der Waals surface area contributed by atoms with E-state index in [9.17, 15) is 5.26 Å². The molecular formula is C34H25Cl2N9O. The van der Waals surface area contributed by atoms with E-state index in [-0.39, 0.29) is 5.82 Å². The molecule has 10 nitrogen and oxygen atoms in total. The fourth-order valence-corrected chi connectivity index (χ4v) is 4.82. The van der Waals surface area contributed by atoms with Gasteiger partial charge in [-0.1, -0.05) is 47.5 Å². The van der Waals surface area contributed by atoms with Crippen LogP contribution in [0.3, 0.4) is 0 Å². The number of nitriles is 1. The summed E-state index contributed by atoms with van der Waals surface area (Å²) < 4.78 is 5.37. The Morgan fingerprint density at radius 1 is 0.652 bits per heavy atom. The molecule has 0 radical (unpaired) electrons. The van der Waals surface area contributed by atoms with Crippen LogP contribution in [-0.2, 0) is 0 Å². The first-order valence-corrected chi connectivity index (χ1v) is 14.7. The summed E-state index contributed by atoms with van der Waals surface area (Å²) in [5.41, 5.74) is 11.7. The molecule has 0 bridgehead atoms. The third-order valence-electron chi connectivity index (χ3n) is 6.81. The molecule has 0 aliphatic heterocycles. The third-order valence-corrected chi connectivity index (χ3v) is 7.32. The highest BCUT2D eigenvalue weighted by Gasteiger charge is 2.15. The summed E-state index contributed by atoms with van der Waals surface area (Å²) in [5.74, 6) is 1.75. The van der Waals surface area contributed by atoms with Gasteiger partial charge in [0.25, 0.3) is 0 Å². The standard InChI is InChI=1S/C34H25Cl2N9O/c1-46-27-4-2-3-21(17-27)28-18-30(42-31(38)29(28)19-37)20-5-11-24(12-6-20)39-32-43-33(40-25-13-7-22(35)8-14-25)45-34(44-32)41-26-15-9-23(36)10-16-26/h2-18H,1H3,(H2,38,42)(H3,39,40,41,43,44,45). The molecule has 0 fully saturated rings. The molecule has 226 valence electrons. The smallest absolute Gasteiger partial charge is 0.233 e. The lowest BCUT2D eigenvalue weighted by atomic mass is 9.98. The number of halogens is 2. The molecule has 0 aliphatic carbocycles. The molecule has 6 aromatic rings. The summed E-state index contributed by atoms with van der Waals surface area (Å²) in [5, 5.41) is 20.7. The fraction of sp³-hybridized carbons (Fsp3) is 0.0294. The van der Waals surface area contributed by atoms with Crippen molar-refractivity contribution in [1.29, 1.82) is 5.26 Å². The molecule has 0 spiro atoms. The number of hydrogen-bond donors (Lipinski definition) is 4. The van der Waals surface area contributed by atoms with Gasteiger partial charge in [-0.15, -0.1) is 0 Å². The first-order chi connectivity index (χ1) is 22.4. The van der Waals surface area contributed by atoms with Gasteiger partial charge in [-0.25, -0.2) is 4.98 Å². The van der Waals surface area contributed by atoms with E-state index in [1.54, 1.807) is 31.4 Å². The molecule has 2 heterocycles. The van der Waals surface area contributed by atoms with Crippen molar-refractivity contribution >= 4 is 63.9 Å². The molecule has 0 saturated heterocycles. The Kier molecular flexibility index (Phi) is 8.78. The molecular weight excluding hydrogens is 621 g/mol. The molecule has 6 rings (SSSR count). The van der Waals surface area contributed by atoms with Crippen LogP contribution in [0.15, 0.2) is 103 Å². The average molecular weight is 647 g/mol. The average Bonchev–Trinajstić information content (AvgIpc) is 3.07. The first-order valence-electron chi connectivity index (χ1n) is 13.9. The first kappa shape index (κ1) is 30.1. The van der Waals surface area contributed by atoms with Crippen LogP contribution < -0.4 is 26.4 Å². The number of aromatic nitrogens is 4. The molecule has 0 amide bonds. The Morgan fingerprint density at radius 3 is 1.63 bits per heavy atom. The van der Waals surface area contributed by atoms with Gasteiger partial charge in [0.05, 0.1) is 12.8 Å². The Morgan fingerprint density at radius 2 is 1.15 bits per heavy atom. The van der Waals surface area contributed by atoms with Gasteiger partial charge in [-0.3, -0.25) is 0 Å². The van der Waals surface area contributed by atoms with Gasteiger partial charge in [0.15, 0.2) is 0 Å². The molecule has 5 N–H and O–H groups in total. The van der Waals surface area contributed by atoms with E-state index < -0.39 is 0 Å². The zero-order valence-corrected chi connectivity index (χ0v) is 25.8. The van der Waals surface area contributed by atoms with Gasteiger partial charge in [0.2, 0.25) is 17.8 Å². The molecule has 2 aromatic heterocycles. The molecule has 4 aromatic carbocycles. The molecule has 12 heteroatoms. The van der Waals surface area contributed by atoms with Crippen LogP contribution in [0.2, 0.25) is 10.0 Å². The van der Waals surface area contributed by atoms with Crippen molar-refractivity contribution in [3.8, 4) is 34.2 Å². The quantitative estimate of drug-likeness (QED) is 0.120. The maximum atomic E-state index is 9.81. The topological polar surface area (TPSA) is 147 Å². The van der Waals surface area contributed by atoms with Crippen LogP contribution in [0.1, 0.15) is 5.56 Å². The number of nitrogens with two attached hydrogens (primary N) is 1. The second kappa shape index (κ2) is 13.4. The monoisotopic (exact) mass is 645 g/mol. The lowest BCUT2D eigenvalue weighted by Crippen LogP contribution is -2.07. The number of methoxy groups -OCH3 is 1. The van der Waals surface area contributed by atoms with E-state index in [1.807, 2.05) is 78.9 Å².